The van der Waals surface area contributed by atoms with Crippen molar-refractivity contribution in [3.05, 3.63) is 36.7 Å². The number of hydrogen-bond acceptors (Lipinski definition) is 5. The van der Waals surface area contributed by atoms with Crippen LogP contribution in [0.15, 0.2) is 41.6 Å². The van der Waals surface area contributed by atoms with E-state index in [9.17, 15) is 8.42 Å². The standard InChI is InChI=1S/C13H18N4O3S/c1-16(2)12-5-3-4-11(8-12)15-21(19,20)13-9-14-17(10-13)6-7-18/h3-5,8-10,15,18H,6-7H2,1-2H3. The van der Waals surface area contributed by atoms with Crippen molar-refractivity contribution in [2.45, 2.75) is 11.4 Å². The summed E-state index contributed by atoms with van der Waals surface area (Å²) in [6.07, 6.45) is 2.64. The molecule has 2 rings (SSSR count). The fourth-order valence-electron chi connectivity index (χ4n) is 1.77. The Morgan fingerprint density at radius 2 is 2.14 bits per heavy atom. The number of aromatic nitrogens is 2. The van der Waals surface area contributed by atoms with Crippen molar-refractivity contribution in [3.8, 4) is 0 Å². The zero-order chi connectivity index (χ0) is 15.5. The topological polar surface area (TPSA) is 87.5 Å². The number of rotatable bonds is 6. The maximum atomic E-state index is 12.3. The first-order valence-corrected chi connectivity index (χ1v) is 7.84. The van der Waals surface area contributed by atoms with Crippen LogP contribution in [0.2, 0.25) is 0 Å². The second kappa shape index (κ2) is 6.15. The fourth-order valence-corrected chi connectivity index (χ4v) is 2.77. The molecule has 21 heavy (non-hydrogen) atoms. The SMILES string of the molecule is CN(C)c1cccc(NS(=O)(=O)c2cnn(CCO)c2)c1. The Kier molecular flexibility index (Phi) is 4.49. The van der Waals surface area contributed by atoms with Gasteiger partial charge in [-0.05, 0) is 18.2 Å². The van der Waals surface area contributed by atoms with Crippen LogP contribution in [0.4, 0.5) is 11.4 Å². The highest BCUT2D eigenvalue weighted by Crippen LogP contribution is 2.20. The summed E-state index contributed by atoms with van der Waals surface area (Å²) in [5, 5.41) is 12.7. The lowest BCUT2D eigenvalue weighted by atomic mass is 10.3. The normalized spacial score (nSPS) is 11.4. The van der Waals surface area contributed by atoms with Gasteiger partial charge in [0.2, 0.25) is 0 Å². The van der Waals surface area contributed by atoms with Gasteiger partial charge in [0.25, 0.3) is 10.0 Å². The molecule has 0 amide bonds. The van der Waals surface area contributed by atoms with Crippen molar-refractivity contribution >= 4 is 21.4 Å². The third-order valence-electron chi connectivity index (χ3n) is 2.86. The van der Waals surface area contributed by atoms with E-state index in [1.165, 1.54) is 17.1 Å². The number of aliphatic hydroxyl groups is 1. The highest BCUT2D eigenvalue weighted by Gasteiger charge is 2.16. The van der Waals surface area contributed by atoms with Gasteiger partial charge in [0.05, 0.1) is 25.0 Å². The maximum Gasteiger partial charge on any atom is 0.265 e. The van der Waals surface area contributed by atoms with Gasteiger partial charge in [0.15, 0.2) is 0 Å². The molecule has 0 unspecified atom stereocenters. The summed E-state index contributed by atoms with van der Waals surface area (Å²) in [6.45, 7) is 0.158. The highest BCUT2D eigenvalue weighted by atomic mass is 32.2. The van der Waals surface area contributed by atoms with Crippen LogP contribution in [0.5, 0.6) is 0 Å². The molecule has 1 aromatic carbocycles. The van der Waals surface area contributed by atoms with Gasteiger partial charge in [-0.3, -0.25) is 9.40 Å². The lowest BCUT2D eigenvalue weighted by molar-refractivity contribution is 0.269. The van der Waals surface area contributed by atoms with Crippen LogP contribution < -0.4 is 9.62 Å². The molecule has 114 valence electrons. The Labute approximate surface area is 123 Å². The van der Waals surface area contributed by atoms with E-state index in [-0.39, 0.29) is 18.0 Å². The molecule has 2 aromatic rings. The molecule has 0 fully saturated rings. The van der Waals surface area contributed by atoms with E-state index in [4.69, 9.17) is 5.11 Å². The molecule has 0 bridgehead atoms. The number of nitrogens with one attached hydrogen (secondary N) is 1. The Morgan fingerprint density at radius 3 is 2.81 bits per heavy atom. The third kappa shape index (κ3) is 3.73. The summed E-state index contributed by atoms with van der Waals surface area (Å²) in [5.74, 6) is 0. The number of aliphatic hydroxyl groups excluding tert-OH is 1. The molecule has 0 saturated heterocycles. The third-order valence-corrected chi connectivity index (χ3v) is 4.20. The summed E-state index contributed by atoms with van der Waals surface area (Å²) < 4.78 is 28.4. The van der Waals surface area contributed by atoms with Gasteiger partial charge in [0.1, 0.15) is 4.90 Å². The van der Waals surface area contributed by atoms with Crippen LogP contribution in [-0.4, -0.2) is 44.0 Å². The predicted octanol–water partition coefficient (Wildman–Crippen LogP) is 0.742. The highest BCUT2D eigenvalue weighted by molar-refractivity contribution is 7.92. The largest absolute Gasteiger partial charge is 0.394 e. The van der Waals surface area contributed by atoms with E-state index in [1.807, 2.05) is 25.1 Å². The molecule has 1 heterocycles. The van der Waals surface area contributed by atoms with Crippen LogP contribution in [-0.2, 0) is 16.6 Å². The van der Waals surface area contributed by atoms with Crippen molar-refractivity contribution in [1.82, 2.24) is 9.78 Å². The van der Waals surface area contributed by atoms with Crippen LogP contribution in [0.3, 0.4) is 0 Å². The zero-order valence-electron chi connectivity index (χ0n) is 11.9. The average molecular weight is 310 g/mol. The first kappa shape index (κ1) is 15.3. The molecule has 0 spiro atoms. The quantitative estimate of drug-likeness (QED) is 0.822. The Hall–Kier alpha value is -2.06. The molecule has 7 nitrogen and oxygen atoms in total. The van der Waals surface area contributed by atoms with E-state index in [0.29, 0.717) is 5.69 Å². The van der Waals surface area contributed by atoms with Crippen LogP contribution in [0, 0.1) is 0 Å². The lowest BCUT2D eigenvalue weighted by Gasteiger charge is -2.14. The fraction of sp³-hybridized carbons (Fsp3) is 0.308. The minimum atomic E-state index is -3.69. The van der Waals surface area contributed by atoms with E-state index < -0.39 is 10.0 Å². The predicted molar refractivity (Wildman–Crippen MR) is 80.9 cm³/mol. The summed E-state index contributed by atoms with van der Waals surface area (Å²) in [5.41, 5.74) is 1.38. The van der Waals surface area contributed by atoms with Crippen LogP contribution in [0.25, 0.3) is 0 Å². The van der Waals surface area contributed by atoms with E-state index in [0.717, 1.165) is 5.69 Å². The van der Waals surface area contributed by atoms with Gasteiger partial charge in [-0.1, -0.05) is 6.07 Å². The second-order valence-electron chi connectivity index (χ2n) is 4.71. The minimum Gasteiger partial charge on any atom is -0.394 e. The first-order chi connectivity index (χ1) is 9.92. The number of nitrogens with zero attached hydrogens (tertiary/aromatic N) is 3. The molecule has 0 aliphatic rings. The Morgan fingerprint density at radius 1 is 1.38 bits per heavy atom. The van der Waals surface area contributed by atoms with E-state index >= 15 is 0 Å². The number of anilines is 2. The molecule has 0 aliphatic carbocycles. The molecule has 0 aliphatic heterocycles. The molecule has 8 heteroatoms. The molecule has 0 atom stereocenters. The van der Waals surface area contributed by atoms with Gasteiger partial charge in [-0.25, -0.2) is 8.42 Å². The zero-order valence-corrected chi connectivity index (χ0v) is 12.7. The van der Waals surface area contributed by atoms with Gasteiger partial charge in [0, 0.05) is 26.0 Å². The van der Waals surface area contributed by atoms with Crippen molar-refractivity contribution in [3.63, 3.8) is 0 Å². The van der Waals surface area contributed by atoms with Gasteiger partial charge in [-0.15, -0.1) is 0 Å². The van der Waals surface area contributed by atoms with Gasteiger partial charge in [-0.2, -0.15) is 5.10 Å². The average Bonchev–Trinajstić information content (AvgIpc) is 2.88. The molecule has 0 saturated carbocycles. The van der Waals surface area contributed by atoms with Crippen LogP contribution in [0.1, 0.15) is 0 Å². The molecule has 0 radical (unpaired) electrons. The van der Waals surface area contributed by atoms with E-state index in [1.54, 1.807) is 18.2 Å². The molecular formula is C13H18N4O3S. The first-order valence-electron chi connectivity index (χ1n) is 6.36. The molecule has 1 aromatic heterocycles. The smallest absolute Gasteiger partial charge is 0.265 e. The summed E-state index contributed by atoms with van der Waals surface area (Å²) >= 11 is 0. The molecular weight excluding hydrogens is 292 g/mol. The van der Waals surface area contributed by atoms with Crippen molar-refractivity contribution in [2.24, 2.45) is 0 Å². The Bertz CT molecular complexity index is 710. The summed E-state index contributed by atoms with van der Waals surface area (Å²) in [6, 6.07) is 7.10. The Balaban J connectivity index is 2.22. The number of sulfonamides is 1. The molecule has 2 N–H and O–H groups in total. The van der Waals surface area contributed by atoms with Crippen molar-refractivity contribution in [1.29, 1.82) is 0 Å². The number of hydrogen-bond donors (Lipinski definition) is 2. The van der Waals surface area contributed by atoms with Crippen molar-refractivity contribution in [2.75, 3.05) is 30.3 Å². The second-order valence-corrected chi connectivity index (χ2v) is 6.40. The lowest BCUT2D eigenvalue weighted by Crippen LogP contribution is -2.14. The van der Waals surface area contributed by atoms with Crippen LogP contribution >= 0.6 is 0 Å². The maximum absolute atomic E-state index is 12.3. The van der Waals surface area contributed by atoms with E-state index in [2.05, 4.69) is 9.82 Å². The van der Waals surface area contributed by atoms with Gasteiger partial charge < -0.3 is 10.0 Å². The summed E-state index contributed by atoms with van der Waals surface area (Å²) in [7, 11) is 0.0762. The van der Waals surface area contributed by atoms with Gasteiger partial charge >= 0.3 is 0 Å². The van der Waals surface area contributed by atoms with Crippen molar-refractivity contribution < 1.29 is 13.5 Å². The monoisotopic (exact) mass is 310 g/mol. The number of benzene rings is 1. The summed E-state index contributed by atoms with van der Waals surface area (Å²) in [4.78, 5) is 1.95. The minimum absolute atomic E-state index is 0.0613.